The topological polar surface area (TPSA) is 35.5 Å². The number of aryl methyl sites for hydroxylation is 1. The third-order valence-electron chi connectivity index (χ3n) is 3.63. The molecule has 0 saturated carbocycles. The van der Waals surface area contributed by atoms with E-state index in [-0.39, 0.29) is 6.61 Å². The Labute approximate surface area is 151 Å². The first-order chi connectivity index (χ1) is 12.1. The van der Waals surface area contributed by atoms with E-state index in [9.17, 15) is 4.79 Å². The van der Waals surface area contributed by atoms with Gasteiger partial charge < -0.3 is 9.47 Å². The van der Waals surface area contributed by atoms with Gasteiger partial charge in [0.1, 0.15) is 11.5 Å². The molecule has 0 fully saturated rings. The molecule has 126 valence electrons. The maximum absolute atomic E-state index is 12.1. The summed E-state index contributed by atoms with van der Waals surface area (Å²) in [5.41, 5.74) is 2.90. The number of carbonyl (C=O) groups is 1. The summed E-state index contributed by atoms with van der Waals surface area (Å²) >= 11 is 6.04. The predicted molar refractivity (Wildman–Crippen MR) is 99.2 cm³/mol. The highest BCUT2D eigenvalue weighted by Crippen LogP contribution is 2.30. The van der Waals surface area contributed by atoms with E-state index in [2.05, 4.69) is 0 Å². The van der Waals surface area contributed by atoms with Crippen LogP contribution >= 0.6 is 11.6 Å². The molecule has 0 aliphatic rings. The molecule has 3 nitrogen and oxygen atoms in total. The first-order valence-corrected chi connectivity index (χ1v) is 8.25. The van der Waals surface area contributed by atoms with Crippen molar-refractivity contribution < 1.29 is 14.3 Å². The lowest BCUT2D eigenvalue weighted by Gasteiger charge is -2.12. The Morgan fingerprint density at radius 2 is 1.64 bits per heavy atom. The van der Waals surface area contributed by atoms with E-state index in [1.165, 1.54) is 0 Å². The summed E-state index contributed by atoms with van der Waals surface area (Å²) in [5.74, 6) is 0.461. The van der Waals surface area contributed by atoms with Gasteiger partial charge in [0.2, 0.25) is 0 Å². The van der Waals surface area contributed by atoms with Crippen molar-refractivity contribution >= 4 is 17.6 Å². The van der Waals surface area contributed by atoms with Crippen LogP contribution in [0.1, 0.15) is 5.56 Å². The van der Waals surface area contributed by atoms with Crippen LogP contribution in [-0.2, 0) is 4.79 Å². The quantitative estimate of drug-likeness (QED) is 0.461. The van der Waals surface area contributed by atoms with E-state index in [0.29, 0.717) is 16.5 Å². The predicted octanol–water partition coefficient (Wildman–Crippen LogP) is 5.30. The maximum atomic E-state index is 12.1. The normalized spacial score (nSPS) is 10.3. The molecule has 0 atom stereocenters. The van der Waals surface area contributed by atoms with Crippen molar-refractivity contribution in [1.82, 2.24) is 0 Å². The molecule has 0 amide bonds. The van der Waals surface area contributed by atoms with Crippen molar-refractivity contribution in [1.29, 1.82) is 0 Å². The molecule has 0 aromatic heterocycles. The standard InChI is InChI=1S/C21H17ClO3/c1-15-11-12-18(22)20(13-15)25-21(23)14-24-19-10-6-5-9-17(19)16-7-3-2-4-8-16/h2-13H,14H2,1H3. The summed E-state index contributed by atoms with van der Waals surface area (Å²) in [6.07, 6.45) is 0. The lowest BCUT2D eigenvalue weighted by Crippen LogP contribution is -2.18. The average Bonchev–Trinajstić information content (AvgIpc) is 2.64. The molecule has 3 aromatic rings. The lowest BCUT2D eigenvalue weighted by atomic mass is 10.1. The van der Waals surface area contributed by atoms with Crippen molar-refractivity contribution in [3.8, 4) is 22.6 Å². The minimum atomic E-state index is -0.504. The summed E-state index contributed by atoms with van der Waals surface area (Å²) in [6.45, 7) is 1.70. The molecular formula is C21H17ClO3. The summed E-state index contributed by atoms with van der Waals surface area (Å²) in [6, 6.07) is 22.7. The number of hydrogen-bond donors (Lipinski definition) is 0. The highest BCUT2D eigenvalue weighted by atomic mass is 35.5. The van der Waals surface area contributed by atoms with Crippen molar-refractivity contribution in [2.75, 3.05) is 6.61 Å². The van der Waals surface area contributed by atoms with Gasteiger partial charge in [-0.3, -0.25) is 0 Å². The Bertz CT molecular complexity index is 875. The van der Waals surface area contributed by atoms with Crippen LogP contribution in [0, 0.1) is 6.92 Å². The molecule has 0 aliphatic heterocycles. The second kappa shape index (κ2) is 7.86. The minimum Gasteiger partial charge on any atom is -0.481 e. The van der Waals surface area contributed by atoms with Gasteiger partial charge in [0.25, 0.3) is 0 Å². The fraction of sp³-hybridized carbons (Fsp3) is 0.0952. The zero-order valence-corrected chi connectivity index (χ0v) is 14.5. The number of rotatable bonds is 5. The van der Waals surface area contributed by atoms with Crippen molar-refractivity contribution in [3.05, 3.63) is 83.4 Å². The highest BCUT2D eigenvalue weighted by molar-refractivity contribution is 6.32. The van der Waals surface area contributed by atoms with Crippen LogP contribution in [-0.4, -0.2) is 12.6 Å². The van der Waals surface area contributed by atoms with Crippen LogP contribution in [0.5, 0.6) is 11.5 Å². The van der Waals surface area contributed by atoms with E-state index in [1.54, 1.807) is 12.1 Å². The third-order valence-corrected chi connectivity index (χ3v) is 3.94. The van der Waals surface area contributed by atoms with E-state index >= 15 is 0 Å². The van der Waals surface area contributed by atoms with E-state index in [0.717, 1.165) is 16.7 Å². The summed E-state index contributed by atoms with van der Waals surface area (Å²) < 4.78 is 11.0. The lowest BCUT2D eigenvalue weighted by molar-refractivity contribution is -0.136. The minimum absolute atomic E-state index is 0.200. The third kappa shape index (κ3) is 4.40. The number of esters is 1. The largest absolute Gasteiger partial charge is 0.481 e. The molecule has 3 rings (SSSR count). The van der Waals surface area contributed by atoms with Crippen molar-refractivity contribution in [2.24, 2.45) is 0 Å². The number of benzene rings is 3. The number of hydrogen-bond acceptors (Lipinski definition) is 3. The maximum Gasteiger partial charge on any atom is 0.349 e. The molecule has 0 heterocycles. The van der Waals surface area contributed by atoms with Gasteiger partial charge in [0.05, 0.1) is 5.02 Å². The van der Waals surface area contributed by atoms with Gasteiger partial charge in [-0.15, -0.1) is 0 Å². The molecule has 0 saturated heterocycles. The monoisotopic (exact) mass is 352 g/mol. The van der Waals surface area contributed by atoms with E-state index in [4.69, 9.17) is 21.1 Å². The van der Waals surface area contributed by atoms with Crippen LogP contribution < -0.4 is 9.47 Å². The number of para-hydroxylation sites is 1. The van der Waals surface area contributed by atoms with E-state index < -0.39 is 5.97 Å². The first kappa shape index (κ1) is 17.1. The molecule has 0 spiro atoms. The fourth-order valence-electron chi connectivity index (χ4n) is 2.43. The summed E-state index contributed by atoms with van der Waals surface area (Å²) in [7, 11) is 0. The molecule has 0 N–H and O–H groups in total. The zero-order chi connectivity index (χ0) is 17.6. The van der Waals surface area contributed by atoms with Crippen molar-refractivity contribution in [3.63, 3.8) is 0 Å². The average molecular weight is 353 g/mol. The van der Waals surface area contributed by atoms with Crippen LogP contribution in [0.3, 0.4) is 0 Å². The summed E-state index contributed by atoms with van der Waals surface area (Å²) in [4.78, 5) is 12.1. The van der Waals surface area contributed by atoms with Crippen LogP contribution in [0.15, 0.2) is 72.8 Å². The molecular weight excluding hydrogens is 336 g/mol. The van der Waals surface area contributed by atoms with Gasteiger partial charge in [0, 0.05) is 5.56 Å². The molecule has 0 bridgehead atoms. The second-order valence-corrected chi connectivity index (χ2v) is 5.97. The Balaban J connectivity index is 1.70. The first-order valence-electron chi connectivity index (χ1n) is 7.87. The molecule has 25 heavy (non-hydrogen) atoms. The molecule has 4 heteroatoms. The molecule has 3 aromatic carbocycles. The van der Waals surface area contributed by atoms with E-state index in [1.807, 2.05) is 67.6 Å². The van der Waals surface area contributed by atoms with Crippen molar-refractivity contribution in [2.45, 2.75) is 6.92 Å². The zero-order valence-electron chi connectivity index (χ0n) is 13.7. The highest BCUT2D eigenvalue weighted by Gasteiger charge is 2.12. The Kier molecular flexibility index (Phi) is 5.36. The van der Waals surface area contributed by atoms with Gasteiger partial charge in [-0.25, -0.2) is 4.79 Å². The second-order valence-electron chi connectivity index (χ2n) is 5.56. The molecule has 0 unspecified atom stereocenters. The number of carbonyl (C=O) groups excluding carboxylic acids is 1. The van der Waals surface area contributed by atoms with Crippen LogP contribution in [0.2, 0.25) is 5.02 Å². The van der Waals surface area contributed by atoms with Crippen LogP contribution in [0.25, 0.3) is 11.1 Å². The van der Waals surface area contributed by atoms with Gasteiger partial charge >= 0.3 is 5.97 Å². The number of halogens is 1. The van der Waals surface area contributed by atoms with Gasteiger partial charge in [-0.1, -0.05) is 66.2 Å². The molecule has 0 aliphatic carbocycles. The van der Waals surface area contributed by atoms with Gasteiger partial charge in [-0.2, -0.15) is 0 Å². The van der Waals surface area contributed by atoms with Gasteiger partial charge in [-0.05, 0) is 36.2 Å². The molecule has 0 radical (unpaired) electrons. The smallest absolute Gasteiger partial charge is 0.349 e. The SMILES string of the molecule is Cc1ccc(Cl)c(OC(=O)COc2ccccc2-c2ccccc2)c1. The van der Waals surface area contributed by atoms with Gasteiger partial charge in [0.15, 0.2) is 6.61 Å². The fourth-order valence-corrected chi connectivity index (χ4v) is 2.58. The Morgan fingerprint density at radius 3 is 2.44 bits per heavy atom. The Hall–Kier alpha value is -2.78. The number of ether oxygens (including phenoxy) is 2. The summed E-state index contributed by atoms with van der Waals surface area (Å²) in [5, 5.41) is 0.392. The Morgan fingerprint density at radius 1 is 0.920 bits per heavy atom. The van der Waals surface area contributed by atoms with Crippen LogP contribution in [0.4, 0.5) is 0 Å².